The van der Waals surface area contributed by atoms with Crippen molar-refractivity contribution in [3.05, 3.63) is 98.1 Å². The van der Waals surface area contributed by atoms with Gasteiger partial charge in [-0.1, -0.05) is 0 Å². The SMILES string of the molecule is Cc1n(Cc2ccc([N+](=O)[O-])cc2)cc[n+]1Cc1ccc([N+](=O)[O-])cc1.[Br-]. The highest BCUT2D eigenvalue weighted by Crippen LogP contribution is 2.14. The van der Waals surface area contributed by atoms with Crippen LogP contribution in [0.15, 0.2) is 60.9 Å². The fraction of sp³-hybridized carbons (Fsp3) is 0.167. The van der Waals surface area contributed by atoms with E-state index >= 15 is 0 Å². The molecule has 0 spiro atoms. The zero-order chi connectivity index (χ0) is 18.7. The minimum atomic E-state index is -0.414. The molecule has 2 aromatic carbocycles. The van der Waals surface area contributed by atoms with Gasteiger partial charge < -0.3 is 17.0 Å². The molecular weight excluding hydrogens is 416 g/mol. The van der Waals surface area contributed by atoms with Crippen LogP contribution in [0.3, 0.4) is 0 Å². The standard InChI is InChI=1S/C18H17N4O4.BrH/c1-14-19(12-15-2-6-17(7-3-15)21(23)24)10-11-20(14)13-16-4-8-18(9-5-16)22(25)26;/h2-11H,12-13H2,1H3;1H/q+1;/p-1. The van der Waals surface area contributed by atoms with Crippen LogP contribution in [0.4, 0.5) is 11.4 Å². The van der Waals surface area contributed by atoms with E-state index in [4.69, 9.17) is 0 Å². The molecule has 27 heavy (non-hydrogen) atoms. The van der Waals surface area contributed by atoms with Gasteiger partial charge in [0.15, 0.2) is 0 Å². The van der Waals surface area contributed by atoms with Gasteiger partial charge in [-0.2, -0.15) is 0 Å². The van der Waals surface area contributed by atoms with E-state index in [9.17, 15) is 20.2 Å². The summed E-state index contributed by atoms with van der Waals surface area (Å²) in [5.74, 6) is 1.02. The Morgan fingerprint density at radius 3 is 1.85 bits per heavy atom. The highest BCUT2D eigenvalue weighted by molar-refractivity contribution is 5.33. The van der Waals surface area contributed by atoms with E-state index in [1.54, 1.807) is 24.3 Å². The Bertz CT molecular complexity index is 875. The van der Waals surface area contributed by atoms with Crippen LogP contribution in [-0.4, -0.2) is 14.4 Å². The molecule has 0 aliphatic heterocycles. The van der Waals surface area contributed by atoms with Crippen LogP contribution in [0.25, 0.3) is 0 Å². The summed E-state index contributed by atoms with van der Waals surface area (Å²) in [5.41, 5.74) is 2.09. The van der Waals surface area contributed by atoms with E-state index in [1.165, 1.54) is 24.3 Å². The number of aromatic nitrogens is 2. The lowest BCUT2D eigenvalue weighted by atomic mass is 10.2. The van der Waals surface area contributed by atoms with E-state index in [0.29, 0.717) is 13.1 Å². The zero-order valence-electron chi connectivity index (χ0n) is 14.5. The summed E-state index contributed by atoms with van der Waals surface area (Å²) in [6.45, 7) is 3.20. The Balaban J connectivity index is 0.00000261. The molecule has 0 saturated heterocycles. The molecule has 0 atom stereocenters. The third-order valence-corrected chi connectivity index (χ3v) is 4.26. The molecule has 0 N–H and O–H groups in total. The van der Waals surface area contributed by atoms with Gasteiger partial charge >= 0.3 is 0 Å². The summed E-state index contributed by atoms with van der Waals surface area (Å²) in [6, 6.07) is 13.0. The average Bonchev–Trinajstić information content (AvgIpc) is 2.96. The maximum atomic E-state index is 10.7. The van der Waals surface area contributed by atoms with Crippen molar-refractivity contribution in [3.63, 3.8) is 0 Å². The fourth-order valence-corrected chi connectivity index (χ4v) is 2.72. The highest BCUT2D eigenvalue weighted by atomic mass is 79.9. The number of nitrogens with zero attached hydrogens (tertiary/aromatic N) is 4. The van der Waals surface area contributed by atoms with Crippen LogP contribution in [0.5, 0.6) is 0 Å². The largest absolute Gasteiger partial charge is 1.00 e. The van der Waals surface area contributed by atoms with E-state index in [1.807, 2.05) is 28.5 Å². The fourth-order valence-electron chi connectivity index (χ4n) is 2.72. The van der Waals surface area contributed by atoms with Gasteiger partial charge in [-0.05, 0) is 35.4 Å². The molecule has 0 amide bonds. The Labute approximate surface area is 165 Å². The second-order valence-corrected chi connectivity index (χ2v) is 5.95. The Hall–Kier alpha value is -3.07. The predicted octanol–water partition coefficient (Wildman–Crippen LogP) is 0.00102. The van der Waals surface area contributed by atoms with Crippen molar-refractivity contribution < 1.29 is 31.4 Å². The molecule has 0 aliphatic rings. The van der Waals surface area contributed by atoms with Crippen LogP contribution in [0, 0.1) is 27.2 Å². The molecule has 0 radical (unpaired) electrons. The Morgan fingerprint density at radius 2 is 1.37 bits per heavy atom. The quantitative estimate of drug-likeness (QED) is 0.311. The van der Waals surface area contributed by atoms with Gasteiger partial charge in [-0.3, -0.25) is 20.2 Å². The maximum Gasteiger partial charge on any atom is 0.269 e. The van der Waals surface area contributed by atoms with Crippen molar-refractivity contribution in [1.82, 2.24) is 4.57 Å². The molecule has 1 heterocycles. The van der Waals surface area contributed by atoms with E-state index in [-0.39, 0.29) is 28.4 Å². The van der Waals surface area contributed by atoms with Crippen molar-refractivity contribution in [1.29, 1.82) is 0 Å². The Morgan fingerprint density at radius 1 is 0.889 bits per heavy atom. The number of imidazole rings is 1. The molecule has 0 fully saturated rings. The lowest BCUT2D eigenvalue weighted by Crippen LogP contribution is -3.00. The first-order valence-corrected chi connectivity index (χ1v) is 7.96. The minimum absolute atomic E-state index is 0. The third-order valence-electron chi connectivity index (χ3n) is 4.26. The van der Waals surface area contributed by atoms with E-state index in [2.05, 4.69) is 0 Å². The van der Waals surface area contributed by atoms with Crippen LogP contribution in [-0.2, 0) is 13.1 Å². The van der Waals surface area contributed by atoms with Crippen molar-refractivity contribution in [3.8, 4) is 0 Å². The molecule has 8 nitrogen and oxygen atoms in total. The molecule has 3 aromatic rings. The van der Waals surface area contributed by atoms with Crippen molar-refractivity contribution in [2.24, 2.45) is 0 Å². The second kappa shape index (κ2) is 8.54. The van der Waals surface area contributed by atoms with Crippen molar-refractivity contribution in [2.45, 2.75) is 20.0 Å². The lowest BCUT2D eigenvalue weighted by Gasteiger charge is -2.03. The monoisotopic (exact) mass is 432 g/mol. The first-order chi connectivity index (χ1) is 12.4. The molecule has 0 aliphatic carbocycles. The first-order valence-electron chi connectivity index (χ1n) is 7.96. The van der Waals surface area contributed by atoms with Gasteiger partial charge in [0.1, 0.15) is 25.5 Å². The smallest absolute Gasteiger partial charge is 0.269 e. The average molecular weight is 433 g/mol. The second-order valence-electron chi connectivity index (χ2n) is 5.95. The molecule has 9 heteroatoms. The van der Waals surface area contributed by atoms with Crippen molar-refractivity contribution in [2.75, 3.05) is 0 Å². The summed E-state index contributed by atoms with van der Waals surface area (Å²) < 4.78 is 4.10. The van der Waals surface area contributed by atoms with Gasteiger partial charge in [-0.15, -0.1) is 0 Å². The molecule has 0 unspecified atom stereocenters. The van der Waals surface area contributed by atoms with Crippen LogP contribution >= 0.6 is 0 Å². The predicted molar refractivity (Wildman–Crippen MR) is 93.8 cm³/mol. The molecule has 0 bridgehead atoms. The van der Waals surface area contributed by atoms with Gasteiger partial charge in [0.2, 0.25) is 0 Å². The number of nitro groups is 2. The number of non-ortho nitro benzene ring substituents is 2. The van der Waals surface area contributed by atoms with Crippen LogP contribution < -0.4 is 21.5 Å². The lowest BCUT2D eigenvalue weighted by molar-refractivity contribution is -0.693. The number of nitro benzene ring substituents is 2. The molecular formula is C18H17BrN4O4. The van der Waals surface area contributed by atoms with Crippen molar-refractivity contribution >= 4 is 11.4 Å². The molecule has 140 valence electrons. The molecule has 0 saturated carbocycles. The highest BCUT2D eigenvalue weighted by Gasteiger charge is 2.14. The number of benzene rings is 2. The van der Waals surface area contributed by atoms with E-state index < -0.39 is 9.85 Å². The van der Waals surface area contributed by atoms with Gasteiger partial charge in [-0.25, -0.2) is 9.13 Å². The van der Waals surface area contributed by atoms with E-state index in [0.717, 1.165) is 17.0 Å². The minimum Gasteiger partial charge on any atom is -1.00 e. The first kappa shape index (κ1) is 20.2. The van der Waals surface area contributed by atoms with Gasteiger partial charge in [0.25, 0.3) is 17.2 Å². The summed E-state index contributed by atoms with van der Waals surface area (Å²) >= 11 is 0. The normalized spacial score (nSPS) is 10.3. The number of hydrogen-bond donors (Lipinski definition) is 0. The van der Waals surface area contributed by atoms with Gasteiger partial charge in [0.05, 0.1) is 9.85 Å². The number of hydrogen-bond acceptors (Lipinski definition) is 4. The summed E-state index contributed by atoms with van der Waals surface area (Å²) in [5, 5.41) is 21.4. The summed E-state index contributed by atoms with van der Waals surface area (Å²) in [7, 11) is 0. The zero-order valence-corrected chi connectivity index (χ0v) is 16.1. The third kappa shape index (κ3) is 4.76. The molecule has 1 aromatic heterocycles. The van der Waals surface area contributed by atoms with Crippen LogP contribution in [0.1, 0.15) is 17.0 Å². The summed E-state index contributed by atoms with van der Waals surface area (Å²) in [6.07, 6.45) is 3.89. The number of halogens is 1. The van der Waals surface area contributed by atoms with Gasteiger partial charge in [0, 0.05) is 31.2 Å². The molecule has 3 rings (SSSR count). The maximum absolute atomic E-state index is 10.7. The van der Waals surface area contributed by atoms with Crippen LogP contribution in [0.2, 0.25) is 0 Å². The number of rotatable bonds is 6. The Kier molecular flexibility index (Phi) is 6.40. The topological polar surface area (TPSA) is 95.1 Å². The summed E-state index contributed by atoms with van der Waals surface area (Å²) in [4.78, 5) is 20.6.